The summed E-state index contributed by atoms with van der Waals surface area (Å²) in [7, 11) is 0. The molecule has 19 heavy (non-hydrogen) atoms. The molecule has 3 rings (SSSR count). The first-order chi connectivity index (χ1) is 9.22. The van der Waals surface area contributed by atoms with Gasteiger partial charge in [-0.05, 0) is 48.1 Å². The van der Waals surface area contributed by atoms with Crippen molar-refractivity contribution in [3.63, 3.8) is 0 Å². The van der Waals surface area contributed by atoms with Crippen molar-refractivity contribution in [1.82, 2.24) is 9.97 Å². The van der Waals surface area contributed by atoms with Crippen molar-refractivity contribution >= 4 is 12.0 Å². The second kappa shape index (κ2) is 4.72. The normalized spacial score (nSPS) is 13.9. The van der Waals surface area contributed by atoms with Crippen LogP contribution in [0, 0.1) is 0 Å². The van der Waals surface area contributed by atoms with Gasteiger partial charge in [0.1, 0.15) is 5.82 Å². The SMILES string of the molecule is O=C(O)/C=C/c1ncc(-c2ccc3c(c2)CCC3)[nH]1. The molecule has 1 aromatic carbocycles. The summed E-state index contributed by atoms with van der Waals surface area (Å²) < 4.78 is 0. The van der Waals surface area contributed by atoms with E-state index in [9.17, 15) is 4.79 Å². The maximum Gasteiger partial charge on any atom is 0.328 e. The van der Waals surface area contributed by atoms with Gasteiger partial charge in [0, 0.05) is 6.08 Å². The number of carboxylic acids is 1. The highest BCUT2D eigenvalue weighted by atomic mass is 16.4. The lowest BCUT2D eigenvalue weighted by Crippen LogP contribution is -1.87. The van der Waals surface area contributed by atoms with Gasteiger partial charge in [0.25, 0.3) is 0 Å². The Morgan fingerprint density at radius 2 is 2.16 bits per heavy atom. The molecule has 4 heteroatoms. The summed E-state index contributed by atoms with van der Waals surface area (Å²) in [6.07, 6.45) is 7.81. The molecule has 0 spiro atoms. The molecular weight excluding hydrogens is 240 g/mol. The first kappa shape index (κ1) is 11.7. The minimum Gasteiger partial charge on any atom is -0.478 e. The fourth-order valence-electron chi connectivity index (χ4n) is 2.46. The minimum absolute atomic E-state index is 0.554. The van der Waals surface area contributed by atoms with Crippen LogP contribution in [0.1, 0.15) is 23.4 Å². The van der Waals surface area contributed by atoms with Crippen LogP contribution in [0.5, 0.6) is 0 Å². The summed E-state index contributed by atoms with van der Waals surface area (Å²) >= 11 is 0. The number of aromatic amines is 1. The second-order valence-corrected chi connectivity index (χ2v) is 4.69. The monoisotopic (exact) mass is 254 g/mol. The Labute approximate surface area is 110 Å². The van der Waals surface area contributed by atoms with Gasteiger partial charge in [-0.1, -0.05) is 12.1 Å². The summed E-state index contributed by atoms with van der Waals surface area (Å²) in [4.78, 5) is 17.7. The molecule has 0 unspecified atom stereocenters. The molecule has 4 nitrogen and oxygen atoms in total. The molecule has 2 N–H and O–H groups in total. The largest absolute Gasteiger partial charge is 0.478 e. The van der Waals surface area contributed by atoms with Crippen molar-refractivity contribution in [3.8, 4) is 11.3 Å². The number of H-pyrrole nitrogens is 1. The number of nitrogens with one attached hydrogen (secondary N) is 1. The lowest BCUT2D eigenvalue weighted by atomic mass is 10.1. The highest BCUT2D eigenvalue weighted by Crippen LogP contribution is 2.27. The highest BCUT2D eigenvalue weighted by molar-refractivity contribution is 5.84. The fraction of sp³-hybridized carbons (Fsp3) is 0.200. The van der Waals surface area contributed by atoms with Crippen molar-refractivity contribution in [2.24, 2.45) is 0 Å². The average Bonchev–Trinajstić information content (AvgIpc) is 3.04. The standard InChI is InChI=1S/C15H14N2O2/c18-15(19)7-6-14-16-9-13(17-14)12-5-4-10-2-1-3-11(10)8-12/h4-9H,1-3H2,(H,16,17)(H,18,19)/b7-6+. The van der Waals surface area contributed by atoms with Crippen molar-refractivity contribution < 1.29 is 9.90 Å². The zero-order chi connectivity index (χ0) is 13.2. The maximum absolute atomic E-state index is 10.4. The second-order valence-electron chi connectivity index (χ2n) is 4.69. The molecule has 0 bridgehead atoms. The number of benzene rings is 1. The summed E-state index contributed by atoms with van der Waals surface area (Å²) in [5.74, 6) is -0.423. The molecule has 0 radical (unpaired) electrons. The molecule has 0 saturated carbocycles. The van der Waals surface area contributed by atoms with Gasteiger partial charge in [-0.15, -0.1) is 0 Å². The van der Waals surface area contributed by atoms with Gasteiger partial charge >= 0.3 is 5.97 Å². The van der Waals surface area contributed by atoms with E-state index in [1.807, 2.05) is 0 Å². The molecule has 0 saturated heterocycles. The van der Waals surface area contributed by atoms with Crippen molar-refractivity contribution in [1.29, 1.82) is 0 Å². The quantitative estimate of drug-likeness (QED) is 0.827. The third-order valence-electron chi connectivity index (χ3n) is 3.39. The third-order valence-corrected chi connectivity index (χ3v) is 3.39. The number of imidazole rings is 1. The lowest BCUT2D eigenvalue weighted by Gasteiger charge is -2.02. The molecule has 96 valence electrons. The van der Waals surface area contributed by atoms with Gasteiger partial charge in [-0.25, -0.2) is 9.78 Å². The van der Waals surface area contributed by atoms with Crippen LogP contribution < -0.4 is 0 Å². The van der Waals surface area contributed by atoms with E-state index in [1.54, 1.807) is 6.20 Å². The predicted molar refractivity (Wildman–Crippen MR) is 72.7 cm³/mol. The van der Waals surface area contributed by atoms with Gasteiger partial charge in [0.2, 0.25) is 0 Å². The van der Waals surface area contributed by atoms with E-state index in [-0.39, 0.29) is 0 Å². The van der Waals surface area contributed by atoms with Crippen LogP contribution in [0.2, 0.25) is 0 Å². The van der Waals surface area contributed by atoms with E-state index in [1.165, 1.54) is 30.0 Å². The van der Waals surface area contributed by atoms with Gasteiger partial charge in [0.15, 0.2) is 0 Å². The molecule has 0 aliphatic heterocycles. The zero-order valence-corrected chi connectivity index (χ0v) is 10.4. The molecular formula is C15H14N2O2. The highest BCUT2D eigenvalue weighted by Gasteiger charge is 2.12. The summed E-state index contributed by atoms with van der Waals surface area (Å²) in [6.45, 7) is 0. The van der Waals surface area contributed by atoms with E-state index in [2.05, 4.69) is 28.2 Å². The Morgan fingerprint density at radius 3 is 3.00 bits per heavy atom. The van der Waals surface area contributed by atoms with Crippen LogP contribution in [0.15, 0.2) is 30.5 Å². The molecule has 2 aromatic rings. The topological polar surface area (TPSA) is 66.0 Å². The number of aliphatic carboxylic acids is 1. The first-order valence-electron chi connectivity index (χ1n) is 6.30. The number of carboxylic acid groups (broad SMARTS) is 1. The molecule has 1 aromatic heterocycles. The van der Waals surface area contributed by atoms with E-state index < -0.39 is 5.97 Å². The number of nitrogens with zero attached hydrogens (tertiary/aromatic N) is 1. The minimum atomic E-state index is -0.976. The van der Waals surface area contributed by atoms with Crippen LogP contribution in [0.25, 0.3) is 17.3 Å². The number of carbonyl (C=O) groups is 1. The van der Waals surface area contributed by atoms with E-state index >= 15 is 0 Å². The first-order valence-corrected chi connectivity index (χ1v) is 6.30. The number of hydrogen-bond acceptors (Lipinski definition) is 2. The van der Waals surface area contributed by atoms with Crippen LogP contribution in [0.3, 0.4) is 0 Å². The third kappa shape index (κ3) is 2.42. The molecule has 0 fully saturated rings. The van der Waals surface area contributed by atoms with Gasteiger partial charge in [-0.2, -0.15) is 0 Å². The van der Waals surface area contributed by atoms with E-state index in [4.69, 9.17) is 5.11 Å². The predicted octanol–water partition coefficient (Wildman–Crippen LogP) is 2.66. The number of aryl methyl sites for hydroxylation is 2. The number of hydrogen-bond donors (Lipinski definition) is 2. The van der Waals surface area contributed by atoms with E-state index in [0.717, 1.165) is 23.8 Å². The van der Waals surface area contributed by atoms with Crippen LogP contribution in [-0.2, 0) is 17.6 Å². The van der Waals surface area contributed by atoms with Crippen LogP contribution >= 0.6 is 0 Å². The Hall–Kier alpha value is -2.36. The number of rotatable bonds is 3. The van der Waals surface area contributed by atoms with Crippen molar-refractivity contribution in [3.05, 3.63) is 47.4 Å². The maximum atomic E-state index is 10.4. The molecule has 1 aliphatic carbocycles. The van der Waals surface area contributed by atoms with Gasteiger partial charge < -0.3 is 10.1 Å². The average molecular weight is 254 g/mol. The number of fused-ring (bicyclic) bond motifs is 1. The van der Waals surface area contributed by atoms with Crippen molar-refractivity contribution in [2.45, 2.75) is 19.3 Å². The summed E-state index contributed by atoms with van der Waals surface area (Å²) in [5.41, 5.74) is 4.87. The summed E-state index contributed by atoms with van der Waals surface area (Å²) in [6, 6.07) is 6.45. The van der Waals surface area contributed by atoms with E-state index in [0.29, 0.717) is 5.82 Å². The van der Waals surface area contributed by atoms with Gasteiger partial charge in [0.05, 0.1) is 11.9 Å². The Balaban J connectivity index is 1.88. The van der Waals surface area contributed by atoms with Crippen LogP contribution in [-0.4, -0.2) is 21.0 Å². The van der Waals surface area contributed by atoms with Crippen LogP contribution in [0.4, 0.5) is 0 Å². The Morgan fingerprint density at radius 1 is 1.32 bits per heavy atom. The summed E-state index contributed by atoms with van der Waals surface area (Å²) in [5, 5.41) is 8.58. The fourth-order valence-corrected chi connectivity index (χ4v) is 2.46. The molecule has 0 amide bonds. The Kier molecular flexibility index (Phi) is 2.91. The number of aromatic nitrogens is 2. The molecule has 1 heterocycles. The molecule has 1 aliphatic rings. The lowest BCUT2D eigenvalue weighted by molar-refractivity contribution is -0.131. The molecule has 0 atom stereocenters. The smallest absolute Gasteiger partial charge is 0.328 e. The van der Waals surface area contributed by atoms with Crippen molar-refractivity contribution in [2.75, 3.05) is 0 Å². The zero-order valence-electron chi connectivity index (χ0n) is 10.4. The Bertz CT molecular complexity index is 656. The van der Waals surface area contributed by atoms with Gasteiger partial charge in [-0.3, -0.25) is 0 Å².